The summed E-state index contributed by atoms with van der Waals surface area (Å²) < 4.78 is 3.34. The van der Waals surface area contributed by atoms with Gasteiger partial charge in [0.25, 0.3) is 0 Å². The van der Waals surface area contributed by atoms with E-state index in [1.54, 1.807) is 11.3 Å². The van der Waals surface area contributed by atoms with Gasteiger partial charge in [0.15, 0.2) is 0 Å². The number of anilines is 1. The predicted molar refractivity (Wildman–Crippen MR) is 106 cm³/mol. The minimum atomic E-state index is 0. The lowest BCUT2D eigenvalue weighted by Gasteiger charge is -2.13. The lowest BCUT2D eigenvalue weighted by molar-refractivity contribution is 0.814. The van der Waals surface area contributed by atoms with Gasteiger partial charge in [-0.1, -0.05) is 0 Å². The van der Waals surface area contributed by atoms with Gasteiger partial charge >= 0.3 is 0 Å². The van der Waals surface area contributed by atoms with Crippen LogP contribution in [-0.4, -0.2) is 60.6 Å². The Bertz CT molecular complexity index is 832. The van der Waals surface area contributed by atoms with E-state index in [0.717, 1.165) is 11.2 Å². The standard InChI is InChI=1S/C16H18N3S.5H2O/c1-18(2)11-5-7-13-15(9-11)20-16-10-12(19(3)4)6-8-14(16)17-13;;;;;/h5-10H,1-4H3;5*1H2/q+1;;;;;. The molecule has 25 heavy (non-hydrogen) atoms. The molecule has 0 saturated carbocycles. The first-order valence-electron chi connectivity index (χ1n) is 6.57. The number of rotatable bonds is 1. The van der Waals surface area contributed by atoms with Gasteiger partial charge in [0.1, 0.15) is 14.1 Å². The van der Waals surface area contributed by atoms with Crippen LogP contribution >= 0.6 is 11.3 Å². The molecule has 0 spiro atoms. The molecule has 3 rings (SSSR count). The number of benzene rings is 2. The quantitative estimate of drug-likeness (QED) is 0.367. The molecule has 1 heterocycles. The van der Waals surface area contributed by atoms with Gasteiger partial charge in [0.2, 0.25) is 5.36 Å². The zero-order chi connectivity index (χ0) is 14.3. The Morgan fingerprint density at radius 1 is 0.880 bits per heavy atom. The first-order chi connectivity index (χ1) is 9.54. The Morgan fingerprint density at radius 3 is 2.08 bits per heavy atom. The number of aromatic nitrogens is 1. The first-order valence-corrected chi connectivity index (χ1v) is 7.38. The molecule has 0 saturated heterocycles. The summed E-state index contributed by atoms with van der Waals surface area (Å²) in [5.74, 6) is 0. The van der Waals surface area contributed by atoms with Gasteiger partial charge in [0, 0.05) is 31.9 Å². The van der Waals surface area contributed by atoms with Crippen molar-refractivity contribution < 1.29 is 27.4 Å². The van der Waals surface area contributed by atoms with E-state index in [2.05, 4.69) is 74.1 Å². The predicted octanol–water partition coefficient (Wildman–Crippen LogP) is -1.62. The summed E-state index contributed by atoms with van der Waals surface area (Å²) in [6.45, 7) is 0. The molecule has 10 N–H and O–H groups in total. The maximum absolute atomic E-state index is 4.75. The Balaban J connectivity index is -0.000000968. The molecular weight excluding hydrogens is 346 g/mol. The molecule has 0 amide bonds. The summed E-state index contributed by atoms with van der Waals surface area (Å²) in [6.07, 6.45) is 0. The van der Waals surface area contributed by atoms with E-state index < -0.39 is 0 Å². The third-order valence-corrected chi connectivity index (χ3v) is 4.47. The van der Waals surface area contributed by atoms with Crippen LogP contribution in [0.25, 0.3) is 20.8 Å². The SMILES string of the molecule is CN(C)c1ccc2nc3ccc(=[N+](C)C)cc-3sc2c1.O.O.O.O.O. The van der Waals surface area contributed by atoms with E-state index in [4.69, 9.17) is 4.98 Å². The van der Waals surface area contributed by atoms with Crippen molar-refractivity contribution in [3.8, 4) is 10.6 Å². The maximum Gasteiger partial charge on any atom is 0.201 e. The van der Waals surface area contributed by atoms with Crippen molar-refractivity contribution in [3.05, 3.63) is 41.8 Å². The fourth-order valence-corrected chi connectivity index (χ4v) is 3.19. The number of hydrogen-bond acceptors (Lipinski definition) is 3. The fraction of sp³-hybridized carbons (Fsp3) is 0.250. The van der Waals surface area contributed by atoms with Gasteiger partial charge in [-0.15, -0.1) is 11.3 Å². The molecule has 1 aromatic rings. The molecule has 0 aromatic heterocycles. The van der Waals surface area contributed by atoms with Crippen LogP contribution in [0.1, 0.15) is 0 Å². The van der Waals surface area contributed by atoms with Gasteiger partial charge in [-0.25, -0.2) is 9.56 Å². The van der Waals surface area contributed by atoms with Crippen LogP contribution in [0.3, 0.4) is 0 Å². The van der Waals surface area contributed by atoms with Crippen LogP contribution in [0.4, 0.5) is 5.69 Å². The van der Waals surface area contributed by atoms with Crippen LogP contribution in [0.5, 0.6) is 0 Å². The highest BCUT2D eigenvalue weighted by molar-refractivity contribution is 7.21. The van der Waals surface area contributed by atoms with Crippen LogP contribution in [-0.2, 0) is 0 Å². The summed E-state index contributed by atoms with van der Waals surface area (Å²) in [4.78, 5) is 8.09. The second-order valence-electron chi connectivity index (χ2n) is 5.31. The van der Waals surface area contributed by atoms with Crippen molar-refractivity contribution in [1.29, 1.82) is 0 Å². The molecule has 8 nitrogen and oxygen atoms in total. The van der Waals surface area contributed by atoms with Crippen molar-refractivity contribution >= 4 is 27.2 Å². The molecule has 0 atom stereocenters. The van der Waals surface area contributed by atoms with E-state index in [1.807, 2.05) is 0 Å². The van der Waals surface area contributed by atoms with Gasteiger partial charge in [-0.05, 0) is 24.3 Å². The molecule has 0 fully saturated rings. The van der Waals surface area contributed by atoms with Crippen LogP contribution < -0.4 is 14.8 Å². The smallest absolute Gasteiger partial charge is 0.201 e. The molecule has 1 aromatic carbocycles. The Morgan fingerprint density at radius 2 is 1.52 bits per heavy atom. The summed E-state index contributed by atoms with van der Waals surface area (Å²) >= 11 is 1.80. The Labute approximate surface area is 150 Å². The first kappa shape index (κ1) is 27.7. The molecule has 2 aliphatic rings. The normalized spacial score (nSPS) is 8.80. The van der Waals surface area contributed by atoms with Crippen LogP contribution in [0.2, 0.25) is 0 Å². The average molecular weight is 374 g/mol. The summed E-state index contributed by atoms with van der Waals surface area (Å²) in [5, 5.41) is 1.21. The lowest BCUT2D eigenvalue weighted by atomic mass is 10.2. The molecule has 9 heteroatoms. The molecular formula is C16H28N3O5S+. The molecule has 1 aliphatic carbocycles. The second kappa shape index (κ2) is 10.7. The highest BCUT2D eigenvalue weighted by Gasteiger charge is 2.09. The fourth-order valence-electron chi connectivity index (χ4n) is 2.16. The Hall–Kier alpha value is -2.14. The minimum Gasteiger partial charge on any atom is -0.412 e. The van der Waals surface area contributed by atoms with Gasteiger partial charge in [0.05, 0.1) is 20.8 Å². The summed E-state index contributed by atoms with van der Waals surface area (Å²) in [6, 6.07) is 12.8. The third kappa shape index (κ3) is 5.43. The molecule has 1 aliphatic heterocycles. The molecule has 142 valence electrons. The zero-order valence-corrected chi connectivity index (χ0v) is 15.5. The topological polar surface area (TPSA) is 177 Å². The van der Waals surface area contributed by atoms with Crippen molar-refractivity contribution in [2.24, 2.45) is 0 Å². The maximum atomic E-state index is 4.75. The van der Waals surface area contributed by atoms with Gasteiger partial charge in [-0.2, -0.15) is 0 Å². The van der Waals surface area contributed by atoms with E-state index in [-0.39, 0.29) is 27.4 Å². The second-order valence-corrected chi connectivity index (χ2v) is 6.39. The lowest BCUT2D eigenvalue weighted by Crippen LogP contribution is -2.21. The largest absolute Gasteiger partial charge is 0.412 e. The van der Waals surface area contributed by atoms with Crippen LogP contribution in [0, 0.1) is 0 Å². The Kier molecular flexibility index (Phi) is 11.8. The minimum absolute atomic E-state index is 0. The number of nitrogens with zero attached hydrogens (tertiary/aromatic N) is 3. The van der Waals surface area contributed by atoms with Gasteiger partial charge in [-0.3, -0.25) is 0 Å². The van der Waals surface area contributed by atoms with Gasteiger partial charge < -0.3 is 32.3 Å². The monoisotopic (exact) mass is 374 g/mol. The highest BCUT2D eigenvalue weighted by atomic mass is 32.1. The highest BCUT2D eigenvalue weighted by Crippen LogP contribution is 2.31. The number of hydrogen-bond donors (Lipinski definition) is 0. The van der Waals surface area contributed by atoms with E-state index in [0.29, 0.717) is 0 Å². The average Bonchev–Trinajstić information content (AvgIpc) is 2.43. The van der Waals surface area contributed by atoms with E-state index >= 15 is 0 Å². The van der Waals surface area contributed by atoms with Crippen molar-refractivity contribution in [2.75, 3.05) is 33.1 Å². The van der Waals surface area contributed by atoms with Crippen molar-refractivity contribution in [2.45, 2.75) is 0 Å². The summed E-state index contributed by atoms with van der Waals surface area (Å²) in [5.41, 5.74) is 3.33. The summed E-state index contributed by atoms with van der Waals surface area (Å²) in [7, 11) is 8.24. The van der Waals surface area contributed by atoms with E-state index in [1.165, 1.54) is 20.6 Å². The van der Waals surface area contributed by atoms with Crippen molar-refractivity contribution in [3.63, 3.8) is 0 Å². The molecule has 0 bridgehead atoms. The molecule has 0 unspecified atom stereocenters. The van der Waals surface area contributed by atoms with E-state index in [9.17, 15) is 0 Å². The number of fused-ring (bicyclic) bond motifs is 2. The zero-order valence-electron chi connectivity index (χ0n) is 14.7. The third-order valence-electron chi connectivity index (χ3n) is 3.38. The molecule has 0 radical (unpaired) electrons. The van der Waals surface area contributed by atoms with Crippen molar-refractivity contribution in [1.82, 2.24) is 9.56 Å². The van der Waals surface area contributed by atoms with Crippen LogP contribution in [0.15, 0.2) is 36.4 Å².